The minimum absolute atomic E-state index is 0.0911. The van der Waals surface area contributed by atoms with Crippen molar-refractivity contribution in [2.45, 2.75) is 38.9 Å². The number of benzene rings is 1. The van der Waals surface area contributed by atoms with E-state index in [-0.39, 0.29) is 11.2 Å². The van der Waals surface area contributed by atoms with Crippen LogP contribution in [-0.2, 0) is 4.74 Å². The molecule has 0 atom stereocenters. The largest absolute Gasteiger partial charge is 0.383 e. The third-order valence-corrected chi connectivity index (χ3v) is 3.71. The van der Waals surface area contributed by atoms with Gasteiger partial charge in [-0.15, -0.1) is 0 Å². The van der Waals surface area contributed by atoms with Crippen molar-refractivity contribution in [2.75, 3.05) is 31.5 Å². The highest BCUT2D eigenvalue weighted by atomic mass is 35.5. The van der Waals surface area contributed by atoms with E-state index >= 15 is 0 Å². The van der Waals surface area contributed by atoms with Gasteiger partial charge in [0.1, 0.15) is 0 Å². The van der Waals surface area contributed by atoms with Crippen LogP contribution in [0.5, 0.6) is 0 Å². The van der Waals surface area contributed by atoms with Gasteiger partial charge in [0.25, 0.3) is 0 Å². The lowest BCUT2D eigenvalue weighted by Crippen LogP contribution is -2.57. The number of rotatable bonds is 4. The molecule has 1 aromatic rings. The van der Waals surface area contributed by atoms with Crippen LogP contribution in [0, 0.1) is 0 Å². The first-order valence-electron chi connectivity index (χ1n) is 7.18. The number of morpholine rings is 1. The van der Waals surface area contributed by atoms with Crippen molar-refractivity contribution in [1.29, 1.82) is 0 Å². The van der Waals surface area contributed by atoms with Crippen LogP contribution in [0.25, 0.3) is 0 Å². The zero-order valence-electron chi connectivity index (χ0n) is 12.9. The van der Waals surface area contributed by atoms with Gasteiger partial charge in [0.2, 0.25) is 0 Å². The molecule has 0 amide bonds. The smallest absolute Gasteiger partial charge is 0.0760 e. The van der Waals surface area contributed by atoms with Gasteiger partial charge in [-0.25, -0.2) is 0 Å². The molecule has 0 unspecified atom stereocenters. The highest BCUT2D eigenvalue weighted by molar-refractivity contribution is 6.33. The minimum atomic E-state index is -0.0911. The molecule has 0 bridgehead atoms. The molecule has 0 radical (unpaired) electrons. The Morgan fingerprint density at radius 3 is 2.35 bits per heavy atom. The fourth-order valence-corrected chi connectivity index (χ4v) is 3.26. The molecule has 1 heterocycles. The van der Waals surface area contributed by atoms with E-state index in [1.54, 1.807) is 0 Å². The highest BCUT2D eigenvalue weighted by Gasteiger charge is 2.37. The van der Waals surface area contributed by atoms with Gasteiger partial charge in [-0.05, 0) is 39.8 Å². The quantitative estimate of drug-likeness (QED) is 0.918. The summed E-state index contributed by atoms with van der Waals surface area (Å²) in [6.45, 7) is 12.4. The molecule has 2 rings (SSSR count). The topological polar surface area (TPSA) is 24.5 Å². The second kappa shape index (κ2) is 5.92. The van der Waals surface area contributed by atoms with Crippen molar-refractivity contribution in [2.24, 2.45) is 0 Å². The summed E-state index contributed by atoms with van der Waals surface area (Å²) in [4.78, 5) is 2.45. The Morgan fingerprint density at radius 2 is 1.75 bits per heavy atom. The zero-order chi connectivity index (χ0) is 14.8. The predicted molar refractivity (Wildman–Crippen MR) is 85.6 cm³/mol. The molecule has 112 valence electrons. The Balaban J connectivity index is 1.86. The van der Waals surface area contributed by atoms with Gasteiger partial charge >= 0.3 is 0 Å². The Kier molecular flexibility index (Phi) is 4.62. The number of ether oxygens (including phenoxy) is 1. The average molecular weight is 297 g/mol. The van der Waals surface area contributed by atoms with Gasteiger partial charge in [-0.2, -0.15) is 0 Å². The van der Waals surface area contributed by atoms with Crippen LogP contribution in [0.3, 0.4) is 0 Å². The van der Waals surface area contributed by atoms with Crippen molar-refractivity contribution in [1.82, 2.24) is 4.90 Å². The summed E-state index contributed by atoms with van der Waals surface area (Å²) in [6.07, 6.45) is 0. The first-order valence-corrected chi connectivity index (χ1v) is 7.56. The molecule has 1 aromatic carbocycles. The predicted octanol–water partition coefficient (Wildman–Crippen LogP) is 3.64. The number of nitrogens with one attached hydrogen (secondary N) is 1. The average Bonchev–Trinajstić information content (AvgIpc) is 2.27. The van der Waals surface area contributed by atoms with E-state index in [2.05, 4.69) is 37.9 Å². The first kappa shape index (κ1) is 15.6. The molecule has 1 saturated heterocycles. The summed E-state index contributed by atoms with van der Waals surface area (Å²) in [5.74, 6) is 0. The van der Waals surface area contributed by atoms with E-state index in [4.69, 9.17) is 16.3 Å². The molecule has 1 N–H and O–H groups in total. The molecular formula is C16H25ClN2O. The summed E-state index contributed by atoms with van der Waals surface area (Å²) in [5.41, 5.74) is 0.819. The van der Waals surface area contributed by atoms with E-state index in [1.165, 1.54) is 0 Å². The Bertz CT molecular complexity index is 444. The molecule has 1 fully saturated rings. The van der Waals surface area contributed by atoms with Gasteiger partial charge in [0.15, 0.2) is 0 Å². The van der Waals surface area contributed by atoms with Gasteiger partial charge in [0.05, 0.1) is 21.9 Å². The lowest BCUT2D eigenvalue weighted by molar-refractivity contribution is -0.179. The molecule has 3 nitrogen and oxygen atoms in total. The van der Waals surface area contributed by atoms with Crippen LogP contribution in [0.15, 0.2) is 24.3 Å². The maximum Gasteiger partial charge on any atom is 0.0760 e. The first-order chi connectivity index (χ1) is 9.27. The standard InChI is InChI=1S/C16H25ClN2O/c1-15(2)11-19(12-16(3,4)20-15)10-9-18-14-8-6-5-7-13(14)17/h5-8,18H,9-12H2,1-4H3. The summed E-state index contributed by atoms with van der Waals surface area (Å²) in [7, 11) is 0. The minimum Gasteiger partial charge on any atom is -0.383 e. The van der Waals surface area contributed by atoms with Crippen molar-refractivity contribution in [3.8, 4) is 0 Å². The molecule has 0 saturated carbocycles. The van der Waals surface area contributed by atoms with Gasteiger partial charge < -0.3 is 10.1 Å². The van der Waals surface area contributed by atoms with Crippen molar-refractivity contribution < 1.29 is 4.74 Å². The Morgan fingerprint density at radius 1 is 1.15 bits per heavy atom. The summed E-state index contributed by atoms with van der Waals surface area (Å²) < 4.78 is 6.09. The molecule has 0 spiro atoms. The molecule has 20 heavy (non-hydrogen) atoms. The third kappa shape index (κ3) is 4.37. The molecule has 4 heteroatoms. The summed E-state index contributed by atoms with van der Waals surface area (Å²) in [6, 6.07) is 7.86. The number of halogens is 1. The van der Waals surface area contributed by atoms with E-state index in [0.29, 0.717) is 0 Å². The summed E-state index contributed by atoms with van der Waals surface area (Å²) >= 11 is 6.14. The fourth-order valence-electron chi connectivity index (χ4n) is 3.06. The Hall–Kier alpha value is -0.770. The van der Waals surface area contributed by atoms with Gasteiger partial charge in [-0.3, -0.25) is 4.90 Å². The highest BCUT2D eigenvalue weighted by Crippen LogP contribution is 2.27. The lowest BCUT2D eigenvalue weighted by atomic mass is 9.99. The van der Waals surface area contributed by atoms with Crippen LogP contribution < -0.4 is 5.32 Å². The molecular weight excluding hydrogens is 272 g/mol. The van der Waals surface area contributed by atoms with Crippen LogP contribution >= 0.6 is 11.6 Å². The fraction of sp³-hybridized carbons (Fsp3) is 0.625. The van der Waals surface area contributed by atoms with Crippen molar-refractivity contribution in [3.63, 3.8) is 0 Å². The SMILES string of the molecule is CC1(C)CN(CCNc2ccccc2Cl)CC(C)(C)O1. The van der Waals surface area contributed by atoms with Crippen LogP contribution in [0.4, 0.5) is 5.69 Å². The van der Waals surface area contributed by atoms with E-state index in [0.717, 1.165) is 36.9 Å². The van der Waals surface area contributed by atoms with E-state index < -0.39 is 0 Å². The van der Waals surface area contributed by atoms with Gasteiger partial charge in [-0.1, -0.05) is 23.7 Å². The summed E-state index contributed by atoms with van der Waals surface area (Å²) in [5, 5.41) is 4.17. The zero-order valence-corrected chi connectivity index (χ0v) is 13.6. The molecule has 0 aliphatic carbocycles. The second-order valence-corrected chi connectivity index (χ2v) is 7.15. The maximum absolute atomic E-state index is 6.14. The molecule has 1 aliphatic rings. The number of nitrogens with zero attached hydrogens (tertiary/aromatic N) is 1. The molecule has 0 aromatic heterocycles. The third-order valence-electron chi connectivity index (χ3n) is 3.38. The Labute approximate surface area is 127 Å². The molecule has 1 aliphatic heterocycles. The van der Waals surface area contributed by atoms with Crippen molar-refractivity contribution >= 4 is 17.3 Å². The van der Waals surface area contributed by atoms with Crippen LogP contribution in [0.1, 0.15) is 27.7 Å². The number of anilines is 1. The van der Waals surface area contributed by atoms with E-state index in [9.17, 15) is 0 Å². The number of hydrogen-bond acceptors (Lipinski definition) is 3. The van der Waals surface area contributed by atoms with Crippen molar-refractivity contribution in [3.05, 3.63) is 29.3 Å². The van der Waals surface area contributed by atoms with Crippen LogP contribution in [-0.4, -0.2) is 42.3 Å². The maximum atomic E-state index is 6.14. The lowest BCUT2D eigenvalue weighted by Gasteiger charge is -2.47. The number of para-hydroxylation sites is 1. The number of hydrogen-bond donors (Lipinski definition) is 1. The second-order valence-electron chi connectivity index (χ2n) is 6.74. The van der Waals surface area contributed by atoms with Crippen LogP contribution in [0.2, 0.25) is 5.02 Å². The van der Waals surface area contributed by atoms with E-state index in [1.807, 2.05) is 24.3 Å². The monoisotopic (exact) mass is 296 g/mol. The normalized spacial score (nSPS) is 21.6. The van der Waals surface area contributed by atoms with Gasteiger partial charge in [0, 0.05) is 26.2 Å².